The second-order valence-corrected chi connectivity index (χ2v) is 3.33. The van der Waals surface area contributed by atoms with Crippen LogP contribution in [0.5, 0.6) is 0 Å². The minimum Gasteiger partial charge on any atom is -0.481 e. The molecule has 0 aromatic carbocycles. The van der Waals surface area contributed by atoms with Gasteiger partial charge in [0.05, 0.1) is 5.92 Å². The van der Waals surface area contributed by atoms with Crippen molar-refractivity contribution in [3.63, 3.8) is 0 Å². The summed E-state index contributed by atoms with van der Waals surface area (Å²) in [5.74, 6) is -0.377. The van der Waals surface area contributed by atoms with Crippen LogP contribution in [0.4, 0.5) is 0 Å². The molecule has 2 heteroatoms. The molecule has 0 amide bonds. The van der Waals surface area contributed by atoms with Crippen molar-refractivity contribution in [1.82, 2.24) is 0 Å². The third-order valence-corrected chi connectivity index (χ3v) is 2.58. The van der Waals surface area contributed by atoms with E-state index in [1.54, 1.807) is 0 Å². The van der Waals surface area contributed by atoms with Crippen molar-refractivity contribution < 1.29 is 9.90 Å². The van der Waals surface area contributed by atoms with Gasteiger partial charge in [0.2, 0.25) is 0 Å². The molecule has 1 saturated carbocycles. The molecule has 1 atom stereocenters. The van der Waals surface area contributed by atoms with Crippen LogP contribution in [0, 0.1) is 18.3 Å². The fraction of sp³-hybridized carbons (Fsp3) is 0.778. The summed E-state index contributed by atoms with van der Waals surface area (Å²) >= 11 is 0. The maximum atomic E-state index is 10.6. The Morgan fingerprint density at radius 1 is 1.55 bits per heavy atom. The molecule has 0 aromatic heterocycles. The zero-order valence-electron chi connectivity index (χ0n) is 6.92. The van der Waals surface area contributed by atoms with Gasteiger partial charge in [-0.25, -0.2) is 0 Å². The fourth-order valence-corrected chi connectivity index (χ4v) is 1.65. The zero-order chi connectivity index (χ0) is 8.27. The molecule has 0 heterocycles. The number of aliphatic carboxylic acids is 1. The molecule has 0 bridgehead atoms. The quantitative estimate of drug-likeness (QED) is 0.663. The van der Waals surface area contributed by atoms with E-state index in [0.717, 1.165) is 25.7 Å². The second kappa shape index (κ2) is 3.74. The van der Waals surface area contributed by atoms with E-state index >= 15 is 0 Å². The summed E-state index contributed by atoms with van der Waals surface area (Å²) in [7, 11) is 0. The fourth-order valence-electron chi connectivity index (χ4n) is 1.65. The summed E-state index contributed by atoms with van der Waals surface area (Å²) in [5, 5.41) is 8.72. The molecule has 2 nitrogen and oxygen atoms in total. The van der Waals surface area contributed by atoms with Gasteiger partial charge in [0, 0.05) is 0 Å². The van der Waals surface area contributed by atoms with Gasteiger partial charge in [-0.05, 0) is 38.0 Å². The van der Waals surface area contributed by atoms with E-state index in [4.69, 9.17) is 5.11 Å². The van der Waals surface area contributed by atoms with Crippen LogP contribution in [0.2, 0.25) is 0 Å². The van der Waals surface area contributed by atoms with Crippen LogP contribution in [0.1, 0.15) is 32.6 Å². The highest BCUT2D eigenvalue weighted by molar-refractivity contribution is 5.69. The van der Waals surface area contributed by atoms with E-state index in [2.05, 4.69) is 6.42 Å². The summed E-state index contributed by atoms with van der Waals surface area (Å²) < 4.78 is 0. The molecule has 1 unspecified atom stereocenters. The maximum absolute atomic E-state index is 10.6. The highest BCUT2D eigenvalue weighted by Gasteiger charge is 2.24. The lowest BCUT2D eigenvalue weighted by atomic mass is 9.81. The molecular formula is C9H15O2. The van der Waals surface area contributed by atoms with Gasteiger partial charge in [0.15, 0.2) is 0 Å². The number of hydrogen-bond acceptors (Lipinski definition) is 1. The van der Waals surface area contributed by atoms with Crippen molar-refractivity contribution in [2.24, 2.45) is 11.8 Å². The predicted molar refractivity (Wildman–Crippen MR) is 43.1 cm³/mol. The van der Waals surface area contributed by atoms with E-state index in [0.29, 0.717) is 5.92 Å². The maximum Gasteiger partial charge on any atom is 0.306 e. The van der Waals surface area contributed by atoms with Crippen molar-refractivity contribution in [2.45, 2.75) is 32.6 Å². The molecule has 0 aliphatic heterocycles. The lowest BCUT2D eigenvalue weighted by Crippen LogP contribution is -2.22. The van der Waals surface area contributed by atoms with Gasteiger partial charge in [0.25, 0.3) is 0 Å². The highest BCUT2D eigenvalue weighted by atomic mass is 16.4. The molecule has 0 aromatic rings. The number of carboxylic acid groups (broad SMARTS) is 1. The van der Waals surface area contributed by atoms with Gasteiger partial charge in [-0.3, -0.25) is 4.79 Å². The van der Waals surface area contributed by atoms with Crippen LogP contribution in [-0.2, 0) is 4.79 Å². The number of rotatable bonds is 2. The minimum atomic E-state index is -0.642. The Morgan fingerprint density at radius 2 is 2.09 bits per heavy atom. The SMILES string of the molecule is CC(C(=O)O)C1CC[CH]CC1. The lowest BCUT2D eigenvalue weighted by Gasteiger charge is -2.24. The predicted octanol–water partition coefficient (Wildman–Crippen LogP) is 2.10. The van der Waals surface area contributed by atoms with Crippen LogP contribution in [0.3, 0.4) is 0 Å². The normalized spacial score (nSPS) is 23.0. The molecule has 1 rings (SSSR count). The van der Waals surface area contributed by atoms with Crippen molar-refractivity contribution in [1.29, 1.82) is 0 Å². The largest absolute Gasteiger partial charge is 0.481 e. The molecule has 1 aliphatic carbocycles. The summed E-state index contributed by atoms with van der Waals surface area (Å²) in [6.45, 7) is 1.82. The average Bonchev–Trinajstić information content (AvgIpc) is 2.05. The van der Waals surface area contributed by atoms with Gasteiger partial charge in [-0.15, -0.1) is 0 Å². The Morgan fingerprint density at radius 3 is 2.55 bits per heavy atom. The van der Waals surface area contributed by atoms with E-state index in [-0.39, 0.29) is 5.92 Å². The molecule has 1 radical (unpaired) electrons. The summed E-state index contributed by atoms with van der Waals surface area (Å²) in [5.41, 5.74) is 0. The van der Waals surface area contributed by atoms with Crippen LogP contribution in [0.15, 0.2) is 0 Å². The summed E-state index contributed by atoms with van der Waals surface area (Å²) in [6, 6.07) is 0. The third-order valence-electron chi connectivity index (χ3n) is 2.58. The van der Waals surface area contributed by atoms with E-state index in [9.17, 15) is 4.79 Å². The van der Waals surface area contributed by atoms with Gasteiger partial charge in [-0.2, -0.15) is 0 Å². The van der Waals surface area contributed by atoms with E-state index in [1.165, 1.54) is 0 Å². The van der Waals surface area contributed by atoms with Crippen LogP contribution in [-0.4, -0.2) is 11.1 Å². The Kier molecular flexibility index (Phi) is 2.92. The first-order chi connectivity index (χ1) is 5.22. The van der Waals surface area contributed by atoms with Gasteiger partial charge in [-0.1, -0.05) is 6.92 Å². The van der Waals surface area contributed by atoms with Crippen molar-refractivity contribution in [2.75, 3.05) is 0 Å². The Balaban J connectivity index is 2.38. The standard InChI is InChI=1S/C9H15O2/c1-7(9(10)11)8-5-3-2-4-6-8/h2,7-8H,3-6H2,1H3,(H,10,11). The smallest absolute Gasteiger partial charge is 0.306 e. The van der Waals surface area contributed by atoms with Crippen LogP contribution < -0.4 is 0 Å². The molecule has 11 heavy (non-hydrogen) atoms. The Bertz CT molecular complexity index is 136. The number of carboxylic acids is 1. The first kappa shape index (κ1) is 8.57. The Hall–Kier alpha value is -0.530. The zero-order valence-corrected chi connectivity index (χ0v) is 6.92. The van der Waals surface area contributed by atoms with Crippen molar-refractivity contribution in [3.05, 3.63) is 6.42 Å². The van der Waals surface area contributed by atoms with Crippen LogP contribution in [0.25, 0.3) is 0 Å². The van der Waals surface area contributed by atoms with E-state index in [1.807, 2.05) is 6.92 Å². The molecular weight excluding hydrogens is 140 g/mol. The van der Waals surface area contributed by atoms with Crippen LogP contribution >= 0.6 is 0 Å². The first-order valence-corrected chi connectivity index (χ1v) is 4.26. The third kappa shape index (κ3) is 2.21. The van der Waals surface area contributed by atoms with Gasteiger partial charge < -0.3 is 5.11 Å². The number of hydrogen-bond donors (Lipinski definition) is 1. The molecule has 1 fully saturated rings. The monoisotopic (exact) mass is 155 g/mol. The minimum absolute atomic E-state index is 0.149. The summed E-state index contributed by atoms with van der Waals surface area (Å²) in [6.07, 6.45) is 6.58. The molecule has 0 saturated heterocycles. The van der Waals surface area contributed by atoms with E-state index < -0.39 is 5.97 Å². The molecule has 63 valence electrons. The highest BCUT2D eigenvalue weighted by Crippen LogP contribution is 2.29. The molecule has 1 N–H and O–H groups in total. The van der Waals surface area contributed by atoms with Gasteiger partial charge >= 0.3 is 5.97 Å². The molecule has 1 aliphatic rings. The topological polar surface area (TPSA) is 37.3 Å². The van der Waals surface area contributed by atoms with Gasteiger partial charge in [0.1, 0.15) is 0 Å². The molecule has 0 spiro atoms. The number of carbonyl (C=O) groups is 1. The first-order valence-electron chi connectivity index (χ1n) is 4.26. The average molecular weight is 155 g/mol. The lowest BCUT2D eigenvalue weighted by molar-refractivity contribution is -0.143. The van der Waals surface area contributed by atoms with Crippen molar-refractivity contribution >= 4 is 5.97 Å². The summed E-state index contributed by atoms with van der Waals surface area (Å²) in [4.78, 5) is 10.6. The second-order valence-electron chi connectivity index (χ2n) is 3.33. The van der Waals surface area contributed by atoms with Crippen molar-refractivity contribution in [3.8, 4) is 0 Å². The Labute approximate surface area is 67.6 Å².